The van der Waals surface area contributed by atoms with Gasteiger partial charge >= 0.3 is 6.09 Å². The Kier molecular flexibility index (Phi) is 11.5. The third kappa shape index (κ3) is 8.51. The largest absolute Gasteiger partial charge is 0.493 e. The highest BCUT2D eigenvalue weighted by molar-refractivity contribution is 7.13. The number of anilines is 1. The van der Waals surface area contributed by atoms with E-state index in [9.17, 15) is 9.59 Å². The zero-order chi connectivity index (χ0) is 27.6. The molecule has 0 fully saturated rings. The highest BCUT2D eigenvalue weighted by Gasteiger charge is 2.22. The maximum atomic E-state index is 13.0. The molecule has 0 saturated carbocycles. The number of hydrogen-bond acceptors (Lipinski definition) is 5. The van der Waals surface area contributed by atoms with E-state index >= 15 is 0 Å². The Balaban J connectivity index is 0.00000115. The summed E-state index contributed by atoms with van der Waals surface area (Å²) in [6.07, 6.45) is 0.345. The van der Waals surface area contributed by atoms with Crippen molar-refractivity contribution >= 4 is 40.6 Å². The molecule has 0 radical (unpaired) electrons. The van der Waals surface area contributed by atoms with Crippen LogP contribution in [0.1, 0.15) is 70.0 Å². The summed E-state index contributed by atoms with van der Waals surface area (Å²) in [6, 6.07) is 12.8. The first-order valence-electron chi connectivity index (χ1n) is 12.6. The second kappa shape index (κ2) is 14.1. The summed E-state index contributed by atoms with van der Waals surface area (Å²) in [4.78, 5) is 25.9. The van der Waals surface area contributed by atoms with Crippen LogP contribution in [0.4, 0.5) is 10.5 Å². The van der Waals surface area contributed by atoms with E-state index in [0.717, 1.165) is 22.4 Å². The van der Waals surface area contributed by atoms with Crippen molar-refractivity contribution in [2.24, 2.45) is 0 Å². The molecule has 0 unspecified atom stereocenters. The highest BCUT2D eigenvalue weighted by atomic mass is 35.5. The molecule has 200 valence electrons. The molecule has 37 heavy (non-hydrogen) atoms. The predicted molar refractivity (Wildman–Crippen MR) is 154 cm³/mol. The fourth-order valence-corrected chi connectivity index (χ4v) is 4.67. The summed E-state index contributed by atoms with van der Waals surface area (Å²) in [5.41, 5.74) is 3.44. The molecule has 0 bridgehead atoms. The van der Waals surface area contributed by atoms with Crippen molar-refractivity contribution in [1.82, 2.24) is 5.32 Å². The Morgan fingerprint density at radius 3 is 2.38 bits per heavy atom. The molecular formula is C29H37ClN2O4S. The topological polar surface area (TPSA) is 76.7 Å². The van der Waals surface area contributed by atoms with Gasteiger partial charge in [-0.25, -0.2) is 4.79 Å². The standard InChI is InChI=1S/C25H25ClN2O4S.2C2H6/c1-25(2,3)32-24(30)27-14-15-4-6-17(7-5-15)28-23(29)18-12-19-21(13-20(18)26)31-10-8-16-9-11-33-22(16)19;2*1-2/h4-7,9,11-13H,8,10,14H2,1-3H3,(H,27,30)(H,28,29);2*1-2H3. The number of rotatable bonds is 4. The maximum absolute atomic E-state index is 13.0. The Morgan fingerprint density at radius 2 is 1.73 bits per heavy atom. The van der Waals surface area contributed by atoms with Crippen LogP contribution >= 0.6 is 22.9 Å². The first kappa shape index (κ1) is 30.2. The van der Waals surface area contributed by atoms with Gasteiger partial charge in [0.2, 0.25) is 0 Å². The maximum Gasteiger partial charge on any atom is 0.407 e. The van der Waals surface area contributed by atoms with E-state index in [-0.39, 0.29) is 5.91 Å². The summed E-state index contributed by atoms with van der Waals surface area (Å²) in [6.45, 7) is 14.3. The molecule has 1 aliphatic heterocycles. The molecule has 2 N–H and O–H groups in total. The molecule has 0 spiro atoms. The highest BCUT2D eigenvalue weighted by Crippen LogP contribution is 2.41. The molecule has 0 aliphatic carbocycles. The molecule has 4 rings (SSSR count). The molecule has 1 aromatic heterocycles. The van der Waals surface area contributed by atoms with E-state index in [2.05, 4.69) is 16.7 Å². The van der Waals surface area contributed by atoms with Gasteiger partial charge in [0, 0.05) is 35.2 Å². The normalized spacial score (nSPS) is 11.6. The lowest BCUT2D eigenvalue weighted by Gasteiger charge is -2.19. The average molecular weight is 545 g/mol. The van der Waals surface area contributed by atoms with Crippen LogP contribution in [0.2, 0.25) is 5.02 Å². The zero-order valence-electron chi connectivity index (χ0n) is 22.7. The number of amides is 2. The summed E-state index contributed by atoms with van der Waals surface area (Å²) >= 11 is 8.06. The van der Waals surface area contributed by atoms with Crippen molar-refractivity contribution < 1.29 is 19.1 Å². The minimum Gasteiger partial charge on any atom is -0.493 e. The Bertz CT molecular complexity index is 1180. The quantitative estimate of drug-likeness (QED) is 0.346. The number of hydrogen-bond donors (Lipinski definition) is 2. The third-order valence-electron chi connectivity index (χ3n) is 4.98. The van der Waals surface area contributed by atoms with Crippen molar-refractivity contribution in [2.75, 3.05) is 11.9 Å². The van der Waals surface area contributed by atoms with Crippen LogP contribution < -0.4 is 15.4 Å². The summed E-state index contributed by atoms with van der Waals surface area (Å²) < 4.78 is 11.1. The Morgan fingerprint density at radius 1 is 1.05 bits per heavy atom. The van der Waals surface area contributed by atoms with Crippen LogP contribution in [0.5, 0.6) is 5.75 Å². The number of nitrogens with one attached hydrogen (secondary N) is 2. The molecule has 0 atom stereocenters. The minimum absolute atomic E-state index is 0.301. The van der Waals surface area contributed by atoms with E-state index in [4.69, 9.17) is 21.1 Å². The SMILES string of the molecule is CC.CC.CC(C)(C)OC(=O)NCc1ccc(NC(=O)c2cc3c(cc2Cl)OCCc2ccsc2-3)cc1. The van der Waals surface area contributed by atoms with Crippen LogP contribution in [0, 0.1) is 0 Å². The number of halogens is 1. The number of ether oxygens (including phenoxy) is 2. The van der Waals surface area contributed by atoms with Gasteiger partial charge in [0.15, 0.2) is 0 Å². The van der Waals surface area contributed by atoms with Gasteiger partial charge in [0.05, 0.1) is 17.2 Å². The predicted octanol–water partition coefficient (Wildman–Crippen LogP) is 8.33. The molecule has 6 nitrogen and oxygen atoms in total. The molecule has 2 heterocycles. The van der Waals surface area contributed by atoms with Gasteiger partial charge in [-0.2, -0.15) is 0 Å². The Labute approximate surface area is 229 Å². The lowest BCUT2D eigenvalue weighted by atomic mass is 10.0. The van der Waals surface area contributed by atoms with E-state index in [0.29, 0.717) is 35.2 Å². The smallest absolute Gasteiger partial charge is 0.407 e. The fourth-order valence-electron chi connectivity index (χ4n) is 3.46. The first-order valence-corrected chi connectivity index (χ1v) is 13.9. The summed E-state index contributed by atoms with van der Waals surface area (Å²) in [7, 11) is 0. The van der Waals surface area contributed by atoms with E-state index in [1.165, 1.54) is 5.56 Å². The first-order chi connectivity index (χ1) is 17.7. The van der Waals surface area contributed by atoms with Crippen molar-refractivity contribution in [2.45, 2.75) is 67.0 Å². The van der Waals surface area contributed by atoms with Crippen LogP contribution in [0.15, 0.2) is 47.8 Å². The molecule has 8 heteroatoms. The Hall–Kier alpha value is -3.03. The molecule has 0 saturated heterocycles. The van der Waals surface area contributed by atoms with Crippen molar-refractivity contribution in [3.63, 3.8) is 0 Å². The average Bonchev–Trinajstić information content (AvgIpc) is 3.27. The van der Waals surface area contributed by atoms with Crippen LogP contribution in [-0.4, -0.2) is 24.2 Å². The summed E-state index contributed by atoms with van der Waals surface area (Å²) in [5.74, 6) is 0.393. The van der Waals surface area contributed by atoms with Crippen LogP contribution in [-0.2, 0) is 17.7 Å². The van der Waals surface area contributed by atoms with Crippen molar-refractivity contribution in [3.8, 4) is 16.2 Å². The molecule has 2 amide bonds. The lowest BCUT2D eigenvalue weighted by Crippen LogP contribution is -2.32. The van der Waals surface area contributed by atoms with Crippen molar-refractivity contribution in [3.05, 3.63) is 69.6 Å². The second-order valence-corrected chi connectivity index (χ2v) is 10.0. The lowest BCUT2D eigenvalue weighted by molar-refractivity contribution is 0.0523. The van der Waals surface area contributed by atoms with Crippen molar-refractivity contribution in [1.29, 1.82) is 0 Å². The number of carbonyl (C=O) groups excluding carboxylic acids is 2. The van der Waals surface area contributed by atoms with E-state index in [1.54, 1.807) is 35.6 Å². The van der Waals surface area contributed by atoms with E-state index < -0.39 is 11.7 Å². The van der Waals surface area contributed by atoms with Gasteiger partial charge in [-0.15, -0.1) is 11.3 Å². The summed E-state index contributed by atoms with van der Waals surface area (Å²) in [5, 5.41) is 7.99. The number of fused-ring (bicyclic) bond motifs is 3. The van der Waals surface area contributed by atoms with Gasteiger partial charge in [-0.05, 0) is 61.5 Å². The van der Waals surface area contributed by atoms with Gasteiger partial charge in [0.25, 0.3) is 5.91 Å². The van der Waals surface area contributed by atoms with Crippen LogP contribution in [0.3, 0.4) is 0 Å². The second-order valence-electron chi connectivity index (χ2n) is 8.71. The molecule has 2 aromatic carbocycles. The fraction of sp³-hybridized carbons (Fsp3) is 0.379. The molecular weight excluding hydrogens is 508 g/mol. The monoisotopic (exact) mass is 544 g/mol. The number of thiophene rings is 1. The number of carbonyl (C=O) groups is 2. The molecule has 1 aliphatic rings. The zero-order valence-corrected chi connectivity index (χ0v) is 24.2. The minimum atomic E-state index is -0.549. The van der Waals surface area contributed by atoms with Gasteiger partial charge < -0.3 is 20.1 Å². The van der Waals surface area contributed by atoms with E-state index in [1.807, 2.05) is 66.0 Å². The molecule has 3 aromatic rings. The number of benzene rings is 2. The van der Waals surface area contributed by atoms with Gasteiger partial charge in [-0.3, -0.25) is 4.79 Å². The van der Waals surface area contributed by atoms with Crippen LogP contribution in [0.25, 0.3) is 10.4 Å². The van der Waals surface area contributed by atoms with Gasteiger partial charge in [-0.1, -0.05) is 51.4 Å². The third-order valence-corrected chi connectivity index (χ3v) is 6.28. The number of alkyl carbamates (subject to hydrolysis) is 1. The van der Waals surface area contributed by atoms with Gasteiger partial charge in [0.1, 0.15) is 11.4 Å².